The van der Waals surface area contributed by atoms with Crippen LogP contribution in [0.15, 0.2) is 0 Å². The minimum absolute atomic E-state index is 0.207. The molecule has 2 amide bonds. The summed E-state index contributed by atoms with van der Waals surface area (Å²) in [5.74, 6) is -0.799. The number of urea groups is 1. The van der Waals surface area contributed by atoms with E-state index in [4.69, 9.17) is 9.84 Å². The van der Waals surface area contributed by atoms with Crippen LogP contribution in [0, 0.1) is 5.92 Å². The van der Waals surface area contributed by atoms with Gasteiger partial charge >= 0.3 is 12.0 Å². The molecule has 0 bridgehead atoms. The van der Waals surface area contributed by atoms with E-state index in [9.17, 15) is 9.59 Å². The number of ether oxygens (including phenoxy) is 1. The molecule has 6 nitrogen and oxygen atoms in total. The molecule has 1 saturated carbocycles. The molecule has 110 valence electrons. The Morgan fingerprint density at radius 2 is 2.00 bits per heavy atom. The molecule has 0 radical (unpaired) electrons. The van der Waals surface area contributed by atoms with Crippen LogP contribution in [0.4, 0.5) is 4.79 Å². The van der Waals surface area contributed by atoms with E-state index in [1.54, 1.807) is 7.11 Å². The summed E-state index contributed by atoms with van der Waals surface area (Å²) >= 11 is 0. The minimum atomic E-state index is -1.01. The molecule has 1 fully saturated rings. The third-order valence-electron chi connectivity index (χ3n) is 3.58. The highest BCUT2D eigenvalue weighted by molar-refractivity contribution is 5.82. The van der Waals surface area contributed by atoms with Crippen LogP contribution in [-0.2, 0) is 9.53 Å². The molecule has 0 aliphatic heterocycles. The van der Waals surface area contributed by atoms with Crippen LogP contribution in [-0.4, -0.2) is 42.4 Å². The maximum Gasteiger partial charge on any atom is 0.326 e. The topological polar surface area (TPSA) is 87.7 Å². The summed E-state index contributed by atoms with van der Waals surface area (Å²) in [6.07, 6.45) is 3.37. The molecule has 0 saturated heterocycles. The summed E-state index contributed by atoms with van der Waals surface area (Å²) in [6.45, 7) is 4.26. The highest BCUT2D eigenvalue weighted by Crippen LogP contribution is 2.34. The zero-order chi connectivity index (χ0) is 14.5. The SMILES string of the molecule is COC1(CNC(=O)N[C@H](CC(C)C)C(=O)O)CCC1. The number of carbonyl (C=O) groups is 2. The summed E-state index contributed by atoms with van der Waals surface area (Å²) in [5.41, 5.74) is -0.256. The first kappa shape index (κ1) is 15.8. The zero-order valence-electron chi connectivity index (χ0n) is 11.9. The van der Waals surface area contributed by atoms with E-state index < -0.39 is 18.0 Å². The number of carboxylic acids is 1. The van der Waals surface area contributed by atoms with Crippen molar-refractivity contribution in [3.63, 3.8) is 0 Å². The lowest BCUT2D eigenvalue weighted by Gasteiger charge is -2.40. The number of rotatable bonds is 7. The Morgan fingerprint density at radius 1 is 1.37 bits per heavy atom. The Hall–Kier alpha value is -1.30. The molecule has 1 atom stereocenters. The lowest BCUT2D eigenvalue weighted by molar-refractivity contribution is -0.139. The van der Waals surface area contributed by atoms with Gasteiger partial charge in [0, 0.05) is 13.7 Å². The van der Waals surface area contributed by atoms with E-state index in [1.807, 2.05) is 13.8 Å². The predicted molar refractivity (Wildman–Crippen MR) is 71.0 cm³/mol. The lowest BCUT2D eigenvalue weighted by Crippen LogP contribution is -2.53. The van der Waals surface area contributed by atoms with Crippen molar-refractivity contribution in [2.75, 3.05) is 13.7 Å². The molecule has 0 aromatic heterocycles. The van der Waals surface area contributed by atoms with Gasteiger partial charge in [-0.15, -0.1) is 0 Å². The largest absolute Gasteiger partial charge is 0.480 e. The molecule has 1 rings (SSSR count). The number of hydrogen-bond acceptors (Lipinski definition) is 3. The predicted octanol–water partition coefficient (Wildman–Crippen LogP) is 1.35. The molecule has 6 heteroatoms. The molecule has 0 unspecified atom stereocenters. The third-order valence-corrected chi connectivity index (χ3v) is 3.58. The number of carboxylic acid groups (broad SMARTS) is 1. The number of hydrogen-bond donors (Lipinski definition) is 3. The fraction of sp³-hybridized carbons (Fsp3) is 0.846. The highest BCUT2D eigenvalue weighted by Gasteiger charge is 2.37. The molecule has 1 aliphatic rings. The van der Waals surface area contributed by atoms with Gasteiger partial charge in [-0.2, -0.15) is 0 Å². The van der Waals surface area contributed by atoms with Crippen molar-refractivity contribution < 1.29 is 19.4 Å². The van der Waals surface area contributed by atoms with Gasteiger partial charge in [-0.1, -0.05) is 13.8 Å². The van der Waals surface area contributed by atoms with Crippen LogP contribution < -0.4 is 10.6 Å². The van der Waals surface area contributed by atoms with Crippen molar-refractivity contribution in [2.24, 2.45) is 5.92 Å². The summed E-state index contributed by atoms with van der Waals surface area (Å²) < 4.78 is 5.38. The van der Waals surface area contributed by atoms with Gasteiger partial charge in [-0.05, 0) is 31.6 Å². The second kappa shape index (κ2) is 6.75. The van der Waals surface area contributed by atoms with Gasteiger partial charge in [0.2, 0.25) is 0 Å². The maximum atomic E-state index is 11.7. The van der Waals surface area contributed by atoms with Crippen molar-refractivity contribution in [3.8, 4) is 0 Å². The second-order valence-electron chi connectivity index (χ2n) is 5.59. The van der Waals surface area contributed by atoms with Gasteiger partial charge in [0.1, 0.15) is 6.04 Å². The van der Waals surface area contributed by atoms with Crippen LogP contribution in [0.2, 0.25) is 0 Å². The first-order valence-corrected chi connectivity index (χ1v) is 6.71. The smallest absolute Gasteiger partial charge is 0.326 e. The van der Waals surface area contributed by atoms with Crippen molar-refractivity contribution >= 4 is 12.0 Å². The number of methoxy groups -OCH3 is 1. The van der Waals surface area contributed by atoms with Gasteiger partial charge in [0.25, 0.3) is 0 Å². The number of nitrogens with one attached hydrogen (secondary N) is 2. The zero-order valence-corrected chi connectivity index (χ0v) is 11.9. The van der Waals surface area contributed by atoms with Crippen LogP contribution in [0.1, 0.15) is 39.5 Å². The lowest BCUT2D eigenvalue weighted by atomic mass is 9.80. The van der Waals surface area contributed by atoms with E-state index >= 15 is 0 Å². The van der Waals surface area contributed by atoms with E-state index in [-0.39, 0.29) is 11.5 Å². The van der Waals surface area contributed by atoms with Crippen molar-refractivity contribution in [3.05, 3.63) is 0 Å². The standard InChI is InChI=1S/C13H24N2O4/c1-9(2)7-10(11(16)17)15-12(18)14-8-13(19-3)5-4-6-13/h9-10H,4-8H2,1-3H3,(H,16,17)(H2,14,15,18)/t10-/m1/s1. The van der Waals surface area contributed by atoms with E-state index in [2.05, 4.69) is 10.6 Å². The molecular formula is C13H24N2O4. The summed E-state index contributed by atoms with van der Waals surface area (Å²) in [6, 6.07) is -1.30. The molecule has 1 aliphatic carbocycles. The van der Waals surface area contributed by atoms with Gasteiger partial charge in [-0.25, -0.2) is 9.59 Å². The summed E-state index contributed by atoms with van der Waals surface area (Å²) in [7, 11) is 1.64. The average Bonchev–Trinajstić information content (AvgIpc) is 2.26. The number of amides is 2. The van der Waals surface area contributed by atoms with Gasteiger partial charge in [-0.3, -0.25) is 0 Å². The monoisotopic (exact) mass is 272 g/mol. The molecule has 3 N–H and O–H groups in total. The van der Waals surface area contributed by atoms with Gasteiger partial charge < -0.3 is 20.5 Å². The van der Waals surface area contributed by atoms with Crippen molar-refractivity contribution in [2.45, 2.75) is 51.2 Å². The Labute approximate surface area is 113 Å². The molecule has 0 heterocycles. The van der Waals surface area contributed by atoms with Crippen molar-refractivity contribution in [1.29, 1.82) is 0 Å². The fourth-order valence-electron chi connectivity index (χ4n) is 2.17. The molecule has 0 aromatic rings. The van der Waals surface area contributed by atoms with Crippen molar-refractivity contribution in [1.82, 2.24) is 10.6 Å². The second-order valence-corrected chi connectivity index (χ2v) is 5.59. The van der Waals surface area contributed by atoms with Crippen LogP contribution in [0.5, 0.6) is 0 Å². The molecule has 19 heavy (non-hydrogen) atoms. The molecule has 0 aromatic carbocycles. The summed E-state index contributed by atoms with van der Waals surface area (Å²) in [5, 5.41) is 14.2. The van der Waals surface area contributed by atoms with Gasteiger partial charge in [0.15, 0.2) is 0 Å². The highest BCUT2D eigenvalue weighted by atomic mass is 16.5. The van der Waals surface area contributed by atoms with Gasteiger partial charge in [0.05, 0.1) is 5.60 Å². The number of carbonyl (C=O) groups excluding carboxylic acids is 1. The Balaban J connectivity index is 2.38. The van der Waals surface area contributed by atoms with Crippen LogP contribution in [0.3, 0.4) is 0 Å². The Kier molecular flexibility index (Phi) is 5.60. The van der Waals surface area contributed by atoms with E-state index in [0.717, 1.165) is 19.3 Å². The Bertz CT molecular complexity index is 321. The van der Waals surface area contributed by atoms with Crippen LogP contribution in [0.25, 0.3) is 0 Å². The van der Waals surface area contributed by atoms with E-state index in [0.29, 0.717) is 13.0 Å². The van der Waals surface area contributed by atoms with Crippen LogP contribution >= 0.6 is 0 Å². The minimum Gasteiger partial charge on any atom is -0.480 e. The first-order chi connectivity index (χ1) is 8.88. The number of aliphatic carboxylic acids is 1. The average molecular weight is 272 g/mol. The molecule has 0 spiro atoms. The van der Waals surface area contributed by atoms with E-state index in [1.165, 1.54) is 0 Å². The first-order valence-electron chi connectivity index (χ1n) is 6.71. The Morgan fingerprint density at radius 3 is 2.37 bits per heavy atom. The fourth-order valence-corrected chi connectivity index (χ4v) is 2.17. The third kappa shape index (κ3) is 4.70. The molecular weight excluding hydrogens is 248 g/mol. The normalized spacial score (nSPS) is 18.5. The quantitative estimate of drug-likeness (QED) is 0.653. The summed E-state index contributed by atoms with van der Waals surface area (Å²) in [4.78, 5) is 22.7. The maximum absolute atomic E-state index is 11.7.